The molecule has 1 heterocycles. The van der Waals surface area contributed by atoms with Crippen LogP contribution >= 0.6 is 0 Å². The van der Waals surface area contributed by atoms with Crippen molar-refractivity contribution in [2.75, 3.05) is 26.0 Å². The Morgan fingerprint density at radius 1 is 1.53 bits per heavy atom. The Balaban J connectivity index is 2.24. The van der Waals surface area contributed by atoms with Crippen LogP contribution in [0.25, 0.3) is 0 Å². The number of likely N-dealkylation sites (N-methyl/N-ethyl adjacent to an activating group) is 1. The molecule has 1 atom stereocenters. The van der Waals surface area contributed by atoms with E-state index < -0.39 is 0 Å². The summed E-state index contributed by atoms with van der Waals surface area (Å²) in [6, 6.07) is 7.86. The molecule has 2 rings (SSSR count). The van der Waals surface area contributed by atoms with Crippen LogP contribution in [0, 0.1) is 0 Å². The second-order valence-electron chi connectivity index (χ2n) is 3.54. The van der Waals surface area contributed by atoms with E-state index in [1.54, 1.807) is 7.05 Å². The lowest BCUT2D eigenvalue weighted by Crippen LogP contribution is -2.31. The first kappa shape index (κ1) is 9.98. The van der Waals surface area contributed by atoms with Gasteiger partial charge in [-0.2, -0.15) is 0 Å². The van der Waals surface area contributed by atoms with Gasteiger partial charge in [-0.15, -0.1) is 0 Å². The van der Waals surface area contributed by atoms with Gasteiger partial charge in [0, 0.05) is 19.3 Å². The number of hydrogen-bond donors (Lipinski definition) is 1. The van der Waals surface area contributed by atoms with Crippen LogP contribution in [-0.2, 0) is 9.63 Å². The van der Waals surface area contributed by atoms with Crippen molar-refractivity contribution in [3.05, 3.63) is 29.8 Å². The molecule has 0 fully saturated rings. The fourth-order valence-corrected chi connectivity index (χ4v) is 1.81. The molecule has 15 heavy (non-hydrogen) atoms. The lowest BCUT2D eigenvalue weighted by atomic mass is 10.0. The zero-order valence-electron chi connectivity index (χ0n) is 8.86. The molecule has 1 amide bonds. The number of benzene rings is 1. The standard InChI is InChI=1S/C11H14N2O2/c1-13(15-2)11(14)9-7-12-10-6-4-3-5-8(9)10/h3-6,9,12H,7H2,1-2H3. The number of para-hydroxylation sites is 1. The van der Waals surface area contributed by atoms with E-state index in [1.807, 2.05) is 24.3 Å². The third-order valence-electron chi connectivity index (χ3n) is 2.72. The average Bonchev–Trinajstić information content (AvgIpc) is 2.70. The third-order valence-corrected chi connectivity index (χ3v) is 2.72. The molecule has 4 heteroatoms. The minimum absolute atomic E-state index is 0.0186. The van der Waals surface area contributed by atoms with E-state index >= 15 is 0 Å². The Bertz CT molecular complexity index is 379. The first-order valence-corrected chi connectivity index (χ1v) is 4.88. The van der Waals surface area contributed by atoms with Gasteiger partial charge in [0.15, 0.2) is 0 Å². The molecule has 80 valence electrons. The summed E-state index contributed by atoms with van der Waals surface area (Å²) in [5.74, 6) is -0.152. The van der Waals surface area contributed by atoms with Gasteiger partial charge in [-0.3, -0.25) is 9.63 Å². The smallest absolute Gasteiger partial charge is 0.255 e. The summed E-state index contributed by atoms with van der Waals surface area (Å²) in [5.41, 5.74) is 2.09. The predicted octanol–water partition coefficient (Wildman–Crippen LogP) is 1.22. The highest BCUT2D eigenvalue weighted by molar-refractivity contribution is 5.87. The summed E-state index contributed by atoms with van der Waals surface area (Å²) in [6.45, 7) is 0.645. The summed E-state index contributed by atoms with van der Waals surface area (Å²) in [5, 5.41) is 4.48. The number of carbonyl (C=O) groups is 1. The topological polar surface area (TPSA) is 41.6 Å². The molecule has 0 aliphatic carbocycles. The number of hydroxylamine groups is 2. The number of fused-ring (bicyclic) bond motifs is 1. The van der Waals surface area contributed by atoms with Gasteiger partial charge in [0.25, 0.3) is 5.91 Å². The molecule has 0 saturated carbocycles. The van der Waals surface area contributed by atoms with Crippen molar-refractivity contribution in [3.8, 4) is 0 Å². The third kappa shape index (κ3) is 1.68. The van der Waals surface area contributed by atoms with Crippen LogP contribution in [0.1, 0.15) is 11.5 Å². The molecule has 0 bridgehead atoms. The zero-order chi connectivity index (χ0) is 10.8. The van der Waals surface area contributed by atoms with Crippen molar-refractivity contribution >= 4 is 11.6 Å². The molecule has 4 nitrogen and oxygen atoms in total. The highest BCUT2D eigenvalue weighted by Crippen LogP contribution is 2.31. The van der Waals surface area contributed by atoms with Gasteiger partial charge in [-0.25, -0.2) is 5.06 Å². The minimum atomic E-state index is -0.133. The lowest BCUT2D eigenvalue weighted by Gasteiger charge is -2.18. The molecule has 1 unspecified atom stereocenters. The number of nitrogens with one attached hydrogen (secondary N) is 1. The van der Waals surface area contributed by atoms with Crippen molar-refractivity contribution in [1.82, 2.24) is 5.06 Å². The predicted molar refractivity (Wildman–Crippen MR) is 57.5 cm³/mol. The van der Waals surface area contributed by atoms with Crippen molar-refractivity contribution in [3.63, 3.8) is 0 Å². The minimum Gasteiger partial charge on any atom is -0.384 e. The molecule has 1 aliphatic rings. The van der Waals surface area contributed by atoms with Gasteiger partial charge in [-0.05, 0) is 11.6 Å². The van der Waals surface area contributed by atoms with Gasteiger partial charge >= 0.3 is 0 Å². The van der Waals surface area contributed by atoms with Crippen LogP contribution in [0.4, 0.5) is 5.69 Å². The monoisotopic (exact) mass is 206 g/mol. The number of anilines is 1. The van der Waals surface area contributed by atoms with Crippen LogP contribution in [0.5, 0.6) is 0 Å². The Hall–Kier alpha value is -1.55. The number of nitrogens with zero attached hydrogens (tertiary/aromatic N) is 1. The van der Waals surface area contributed by atoms with E-state index in [4.69, 9.17) is 4.84 Å². The first-order valence-electron chi connectivity index (χ1n) is 4.88. The molecule has 0 radical (unpaired) electrons. The van der Waals surface area contributed by atoms with E-state index in [-0.39, 0.29) is 11.8 Å². The Morgan fingerprint density at radius 2 is 2.27 bits per heavy atom. The number of amides is 1. The largest absolute Gasteiger partial charge is 0.384 e. The number of rotatable bonds is 2. The summed E-state index contributed by atoms with van der Waals surface area (Å²) in [7, 11) is 3.12. The normalized spacial score (nSPS) is 18.1. The van der Waals surface area contributed by atoms with Crippen molar-refractivity contribution in [1.29, 1.82) is 0 Å². The van der Waals surface area contributed by atoms with Gasteiger partial charge in [0.1, 0.15) is 0 Å². The Kier molecular flexibility index (Phi) is 2.60. The second kappa shape index (κ2) is 3.90. The maximum atomic E-state index is 11.9. The maximum absolute atomic E-state index is 11.9. The average molecular weight is 206 g/mol. The van der Waals surface area contributed by atoms with Gasteiger partial charge in [0.05, 0.1) is 13.0 Å². The molecule has 0 spiro atoms. The molecule has 1 aliphatic heterocycles. The van der Waals surface area contributed by atoms with Crippen molar-refractivity contribution in [2.24, 2.45) is 0 Å². The molecule has 1 aromatic carbocycles. The van der Waals surface area contributed by atoms with Crippen molar-refractivity contribution in [2.45, 2.75) is 5.92 Å². The van der Waals surface area contributed by atoms with E-state index in [2.05, 4.69) is 5.32 Å². The quantitative estimate of drug-likeness (QED) is 0.740. The molecular weight excluding hydrogens is 192 g/mol. The SMILES string of the molecule is CON(C)C(=O)C1CNc2ccccc21. The van der Waals surface area contributed by atoms with Crippen LogP contribution in [0.3, 0.4) is 0 Å². The number of carbonyl (C=O) groups excluding carboxylic acids is 1. The summed E-state index contributed by atoms with van der Waals surface area (Å²) >= 11 is 0. The van der Waals surface area contributed by atoms with Gasteiger partial charge in [0.2, 0.25) is 0 Å². The van der Waals surface area contributed by atoms with Crippen molar-refractivity contribution < 1.29 is 9.63 Å². The Morgan fingerprint density at radius 3 is 3.00 bits per heavy atom. The van der Waals surface area contributed by atoms with Crippen LogP contribution < -0.4 is 5.32 Å². The summed E-state index contributed by atoms with van der Waals surface area (Å²) in [6.07, 6.45) is 0. The Labute approximate surface area is 88.8 Å². The van der Waals surface area contributed by atoms with E-state index in [9.17, 15) is 4.79 Å². The molecular formula is C11H14N2O2. The maximum Gasteiger partial charge on any atom is 0.255 e. The van der Waals surface area contributed by atoms with E-state index in [1.165, 1.54) is 12.2 Å². The first-order chi connectivity index (χ1) is 7.24. The highest BCUT2D eigenvalue weighted by atomic mass is 16.7. The second-order valence-corrected chi connectivity index (χ2v) is 3.54. The molecule has 0 saturated heterocycles. The number of hydrogen-bond acceptors (Lipinski definition) is 3. The lowest BCUT2D eigenvalue weighted by molar-refractivity contribution is -0.169. The fourth-order valence-electron chi connectivity index (χ4n) is 1.81. The highest BCUT2D eigenvalue weighted by Gasteiger charge is 2.30. The molecule has 1 N–H and O–H groups in total. The van der Waals surface area contributed by atoms with Crippen LogP contribution in [0.15, 0.2) is 24.3 Å². The van der Waals surface area contributed by atoms with Crippen LogP contribution in [0.2, 0.25) is 0 Å². The fraction of sp³-hybridized carbons (Fsp3) is 0.364. The van der Waals surface area contributed by atoms with E-state index in [0.29, 0.717) is 6.54 Å². The summed E-state index contributed by atoms with van der Waals surface area (Å²) < 4.78 is 0. The molecule has 1 aromatic rings. The summed E-state index contributed by atoms with van der Waals surface area (Å²) in [4.78, 5) is 16.8. The zero-order valence-corrected chi connectivity index (χ0v) is 8.86. The van der Waals surface area contributed by atoms with E-state index in [0.717, 1.165) is 11.3 Å². The molecule has 0 aromatic heterocycles. The van der Waals surface area contributed by atoms with Gasteiger partial charge in [-0.1, -0.05) is 18.2 Å². The van der Waals surface area contributed by atoms with Crippen LogP contribution in [-0.4, -0.2) is 31.7 Å². The van der Waals surface area contributed by atoms with Gasteiger partial charge < -0.3 is 5.32 Å².